The largest absolute Gasteiger partial charge is 0.477 e. The molecule has 1 aromatic heterocycles. The Morgan fingerprint density at radius 2 is 1.80 bits per heavy atom. The Morgan fingerprint density at radius 1 is 1.17 bits per heavy atom. The van der Waals surface area contributed by atoms with E-state index in [9.17, 15) is 23.8 Å². The molecule has 35 heavy (non-hydrogen) atoms. The number of alkyl halides is 2. The Bertz CT molecular complexity index is 873. The fraction of sp³-hybridized carbons (Fsp3) is 0.667. The van der Waals surface area contributed by atoms with E-state index in [0.717, 1.165) is 16.2 Å². The lowest BCUT2D eigenvalue weighted by Crippen LogP contribution is -2.42. The van der Waals surface area contributed by atoms with Crippen molar-refractivity contribution in [3.8, 4) is 0 Å². The lowest BCUT2D eigenvalue weighted by atomic mass is 9.86. The number of nitrogens with zero attached hydrogens (tertiary/aromatic N) is 1. The molecule has 1 fully saturated rings. The molecule has 2 rings (SSSR count). The maximum atomic E-state index is 13.7. The smallest absolute Gasteiger partial charge is 0.348 e. The van der Waals surface area contributed by atoms with Crippen LogP contribution in [0.15, 0.2) is 30.4 Å². The van der Waals surface area contributed by atoms with Crippen LogP contribution in [0.3, 0.4) is 0 Å². The topological polar surface area (TPSA) is 70.0 Å². The van der Waals surface area contributed by atoms with Crippen LogP contribution in [0.4, 0.5) is 14.5 Å². The number of ether oxygens (including phenoxy) is 1. The van der Waals surface area contributed by atoms with Crippen LogP contribution in [0.1, 0.15) is 87.2 Å². The molecule has 5 nitrogen and oxygen atoms in total. The molecule has 4 unspecified atom stereocenters. The fourth-order valence-electron chi connectivity index (χ4n) is 4.35. The highest BCUT2D eigenvalue weighted by atomic mass is 32.1. The van der Waals surface area contributed by atoms with Gasteiger partial charge in [-0.05, 0) is 56.9 Å². The van der Waals surface area contributed by atoms with Gasteiger partial charge in [-0.2, -0.15) is 0 Å². The number of allylic oxidation sites excluding steroid dienone is 2. The second-order valence-corrected chi connectivity index (χ2v) is 11.2. The quantitative estimate of drug-likeness (QED) is 0.231. The minimum absolute atomic E-state index is 0.0796. The summed E-state index contributed by atoms with van der Waals surface area (Å²) in [6, 6.07) is 1.48. The minimum atomic E-state index is -2.65. The van der Waals surface area contributed by atoms with Gasteiger partial charge in [0.2, 0.25) is 5.92 Å². The lowest BCUT2D eigenvalue weighted by molar-refractivity contribution is -0.0379. The number of aromatic carboxylic acids is 1. The highest BCUT2D eigenvalue weighted by Gasteiger charge is 2.37. The number of aliphatic hydroxyl groups excluding tert-OH is 1. The van der Waals surface area contributed by atoms with Gasteiger partial charge in [-0.1, -0.05) is 45.1 Å². The zero-order valence-electron chi connectivity index (χ0n) is 21.7. The summed E-state index contributed by atoms with van der Waals surface area (Å²) in [6.45, 7) is 9.99. The molecule has 4 atom stereocenters. The summed E-state index contributed by atoms with van der Waals surface area (Å²) < 4.78 is 32.7. The van der Waals surface area contributed by atoms with Gasteiger partial charge in [0.15, 0.2) is 0 Å². The molecule has 0 spiro atoms. The van der Waals surface area contributed by atoms with Crippen LogP contribution in [-0.4, -0.2) is 47.6 Å². The monoisotopic (exact) mass is 513 g/mol. The average Bonchev–Trinajstić information content (AvgIpc) is 3.21. The number of thiophene rings is 1. The third kappa shape index (κ3) is 8.69. The molecule has 2 N–H and O–H groups in total. The number of carbonyl (C=O) groups is 1. The van der Waals surface area contributed by atoms with Crippen molar-refractivity contribution in [3.05, 3.63) is 40.1 Å². The molecule has 198 valence electrons. The van der Waals surface area contributed by atoms with Crippen molar-refractivity contribution >= 4 is 23.0 Å². The first kappa shape index (κ1) is 29.5. The molecule has 0 radical (unpaired) electrons. The third-order valence-electron chi connectivity index (χ3n) is 6.52. The van der Waals surface area contributed by atoms with Gasteiger partial charge < -0.3 is 19.8 Å². The Kier molecular flexibility index (Phi) is 10.9. The van der Waals surface area contributed by atoms with Crippen LogP contribution in [0.5, 0.6) is 0 Å². The maximum absolute atomic E-state index is 13.7. The number of methoxy groups -OCH3 is 1. The van der Waals surface area contributed by atoms with Gasteiger partial charge >= 0.3 is 5.97 Å². The van der Waals surface area contributed by atoms with Gasteiger partial charge in [0.25, 0.3) is 0 Å². The zero-order valence-corrected chi connectivity index (χ0v) is 22.5. The van der Waals surface area contributed by atoms with Crippen molar-refractivity contribution < 1.29 is 28.5 Å². The molecule has 0 saturated heterocycles. The van der Waals surface area contributed by atoms with Crippen molar-refractivity contribution in [1.29, 1.82) is 0 Å². The molecule has 0 amide bonds. The molecule has 1 saturated carbocycles. The lowest BCUT2D eigenvalue weighted by Gasteiger charge is -2.35. The van der Waals surface area contributed by atoms with Crippen LogP contribution in [-0.2, 0) is 4.74 Å². The third-order valence-corrected chi connectivity index (χ3v) is 7.80. The van der Waals surface area contributed by atoms with Crippen LogP contribution < -0.4 is 4.90 Å². The van der Waals surface area contributed by atoms with Gasteiger partial charge in [0, 0.05) is 30.9 Å². The van der Waals surface area contributed by atoms with E-state index < -0.39 is 18.1 Å². The summed E-state index contributed by atoms with van der Waals surface area (Å²) in [5.41, 5.74) is 0.435. The van der Waals surface area contributed by atoms with E-state index in [-0.39, 0.29) is 41.7 Å². The van der Waals surface area contributed by atoms with Crippen molar-refractivity contribution in [2.24, 2.45) is 11.8 Å². The number of halogens is 2. The first-order chi connectivity index (χ1) is 16.3. The summed E-state index contributed by atoms with van der Waals surface area (Å²) in [5, 5.41) is 21.3. The highest BCUT2D eigenvalue weighted by Crippen LogP contribution is 2.45. The number of hydrogen-bond acceptors (Lipinski definition) is 5. The number of carboxylic acid groups (broad SMARTS) is 1. The zero-order chi connectivity index (χ0) is 26.3. The molecule has 1 aromatic rings. The first-order valence-electron chi connectivity index (χ1n) is 12.4. The Balaban J connectivity index is 2.42. The number of rotatable bonds is 12. The predicted octanol–water partition coefficient (Wildman–Crippen LogP) is 7.08. The number of anilines is 1. The van der Waals surface area contributed by atoms with E-state index in [2.05, 4.69) is 26.0 Å². The molecule has 0 aliphatic heterocycles. The standard InChI is InChI=1S/C27H41F2NO4S/c1-17(2)7-8-18(3)15-24(31)30(19(4)9-10-20(5)34-6)22-16-23(35-25(22)26(32)33)21-11-13-27(28,29)14-12-21/h7-10,16-21,24,31H,11-15H2,1-6H3,(H,32,33)/b8-7+,10-9+. The maximum Gasteiger partial charge on any atom is 0.348 e. The molecular weight excluding hydrogens is 472 g/mol. The number of hydrogen-bond donors (Lipinski definition) is 2. The van der Waals surface area contributed by atoms with Crippen molar-refractivity contribution in [2.45, 2.75) is 96.9 Å². The second-order valence-electron chi connectivity index (χ2n) is 10.1. The predicted molar refractivity (Wildman–Crippen MR) is 139 cm³/mol. The molecule has 1 aliphatic rings. The first-order valence-corrected chi connectivity index (χ1v) is 13.3. The minimum Gasteiger partial charge on any atom is -0.477 e. The van der Waals surface area contributed by atoms with E-state index in [1.54, 1.807) is 18.1 Å². The van der Waals surface area contributed by atoms with Gasteiger partial charge in [-0.15, -0.1) is 11.3 Å². The van der Waals surface area contributed by atoms with E-state index in [1.165, 1.54) is 0 Å². The Hall–Kier alpha value is -1.77. The average molecular weight is 514 g/mol. The second kappa shape index (κ2) is 13.0. The van der Waals surface area contributed by atoms with E-state index in [4.69, 9.17) is 4.74 Å². The SMILES string of the molecule is COC(C)/C=C/C(C)N(c1cc(C2CCC(F)(F)CC2)sc1C(=O)O)C(O)CC(C)/C=C/C(C)C. The molecule has 1 aliphatic carbocycles. The Morgan fingerprint density at radius 3 is 2.34 bits per heavy atom. The van der Waals surface area contributed by atoms with Crippen molar-refractivity contribution in [3.63, 3.8) is 0 Å². The van der Waals surface area contributed by atoms with Crippen LogP contribution >= 0.6 is 11.3 Å². The normalized spacial score (nSPS) is 20.4. The summed E-state index contributed by atoms with van der Waals surface area (Å²) in [7, 11) is 1.61. The van der Waals surface area contributed by atoms with E-state index >= 15 is 0 Å². The van der Waals surface area contributed by atoms with E-state index in [1.807, 2.05) is 32.9 Å². The molecule has 1 heterocycles. The fourth-order valence-corrected chi connectivity index (χ4v) is 5.51. The van der Waals surface area contributed by atoms with E-state index in [0.29, 0.717) is 30.9 Å². The van der Waals surface area contributed by atoms with Crippen LogP contribution in [0.25, 0.3) is 0 Å². The van der Waals surface area contributed by atoms with Gasteiger partial charge in [0.1, 0.15) is 11.1 Å². The molecule has 0 bridgehead atoms. The van der Waals surface area contributed by atoms with Gasteiger partial charge in [-0.3, -0.25) is 0 Å². The van der Waals surface area contributed by atoms with Gasteiger partial charge in [0.05, 0.1) is 11.8 Å². The number of carboxylic acids is 1. The molecule has 0 aromatic carbocycles. The summed E-state index contributed by atoms with van der Waals surface area (Å²) in [5.74, 6) is -3.35. The molecular formula is C27H41F2NO4S. The molecule has 8 heteroatoms. The summed E-state index contributed by atoms with van der Waals surface area (Å²) in [4.78, 5) is 14.9. The summed E-state index contributed by atoms with van der Waals surface area (Å²) in [6.07, 6.45) is 7.56. The van der Waals surface area contributed by atoms with Gasteiger partial charge in [-0.25, -0.2) is 13.6 Å². The van der Waals surface area contributed by atoms with Crippen LogP contribution in [0.2, 0.25) is 0 Å². The number of aliphatic hydroxyl groups is 1. The summed E-state index contributed by atoms with van der Waals surface area (Å²) >= 11 is 1.14. The van der Waals surface area contributed by atoms with Crippen LogP contribution in [0, 0.1) is 11.8 Å². The van der Waals surface area contributed by atoms with Crippen molar-refractivity contribution in [2.75, 3.05) is 12.0 Å². The highest BCUT2D eigenvalue weighted by molar-refractivity contribution is 7.14. The van der Waals surface area contributed by atoms with Crippen molar-refractivity contribution in [1.82, 2.24) is 0 Å². The Labute approximate surface area is 212 Å².